The van der Waals surface area contributed by atoms with Gasteiger partial charge in [0.15, 0.2) is 0 Å². The lowest BCUT2D eigenvalue weighted by atomic mass is 10.2. The third kappa shape index (κ3) is 8.36. The molecular weight excluding hydrogens is 400 g/mol. The second-order valence-corrected chi connectivity index (χ2v) is 9.65. The quantitative estimate of drug-likeness (QED) is 0.438. The Morgan fingerprint density at radius 3 is 1.43 bits per heavy atom. The van der Waals surface area contributed by atoms with E-state index in [1.807, 2.05) is 12.1 Å². The standard InChI is InChI=1S/C18H26N4O4S2/c19-13-7-1-3-9-15-21-27(23,24)17-11-5-6-12-18(17)28(25,26)22-16-10-4-2-8-14-20/h5-6,11-12,21-22H,1-4,7-10,15-16H2. The van der Waals surface area contributed by atoms with Crippen LogP contribution in [0, 0.1) is 22.7 Å². The molecule has 10 heteroatoms. The molecule has 0 atom stereocenters. The van der Waals surface area contributed by atoms with Gasteiger partial charge in [0.2, 0.25) is 20.0 Å². The summed E-state index contributed by atoms with van der Waals surface area (Å²) in [5.74, 6) is 0. The molecule has 0 amide bonds. The van der Waals surface area contributed by atoms with E-state index in [2.05, 4.69) is 9.44 Å². The van der Waals surface area contributed by atoms with Crippen LogP contribution in [0.4, 0.5) is 0 Å². The number of benzene rings is 1. The SMILES string of the molecule is N#CCCCCCNS(=O)(=O)c1ccccc1S(=O)(=O)NCCCCCC#N. The van der Waals surface area contributed by atoms with Crippen LogP contribution in [0.2, 0.25) is 0 Å². The van der Waals surface area contributed by atoms with Gasteiger partial charge in [-0.2, -0.15) is 10.5 Å². The summed E-state index contributed by atoms with van der Waals surface area (Å²) in [6.07, 6.45) is 4.80. The highest BCUT2D eigenvalue weighted by Gasteiger charge is 2.25. The Hall–Kier alpha value is -1.98. The molecular formula is C18H26N4O4S2. The van der Waals surface area contributed by atoms with Gasteiger partial charge in [-0.3, -0.25) is 0 Å². The summed E-state index contributed by atoms with van der Waals surface area (Å²) in [7, 11) is -7.96. The lowest BCUT2D eigenvalue weighted by Crippen LogP contribution is -2.30. The Morgan fingerprint density at radius 1 is 0.679 bits per heavy atom. The number of unbranched alkanes of at least 4 members (excludes halogenated alkanes) is 6. The van der Waals surface area contributed by atoms with Crippen molar-refractivity contribution in [3.8, 4) is 12.1 Å². The van der Waals surface area contributed by atoms with Crippen LogP contribution in [-0.4, -0.2) is 29.9 Å². The zero-order valence-electron chi connectivity index (χ0n) is 15.7. The lowest BCUT2D eigenvalue weighted by Gasteiger charge is -2.13. The maximum Gasteiger partial charge on any atom is 0.241 e. The summed E-state index contributed by atoms with van der Waals surface area (Å²) in [5.41, 5.74) is 0. The van der Waals surface area contributed by atoms with Crippen LogP contribution in [0.1, 0.15) is 51.4 Å². The molecule has 0 aliphatic carbocycles. The van der Waals surface area contributed by atoms with E-state index in [1.54, 1.807) is 0 Å². The average molecular weight is 427 g/mol. The number of hydrogen-bond donors (Lipinski definition) is 2. The topological polar surface area (TPSA) is 140 Å². The second-order valence-electron chi connectivity index (χ2n) is 6.18. The Morgan fingerprint density at radius 2 is 1.07 bits per heavy atom. The molecule has 0 saturated carbocycles. The van der Waals surface area contributed by atoms with Crippen LogP contribution in [0.15, 0.2) is 34.1 Å². The molecule has 0 spiro atoms. The molecule has 1 rings (SSSR count). The maximum absolute atomic E-state index is 12.6. The second kappa shape index (κ2) is 12.5. The van der Waals surface area contributed by atoms with Crippen LogP contribution < -0.4 is 9.44 Å². The predicted molar refractivity (Wildman–Crippen MR) is 105 cm³/mol. The van der Waals surface area contributed by atoms with Crippen molar-refractivity contribution in [1.82, 2.24) is 9.44 Å². The molecule has 154 valence electrons. The van der Waals surface area contributed by atoms with Crippen molar-refractivity contribution in [2.45, 2.75) is 61.2 Å². The highest BCUT2D eigenvalue weighted by Crippen LogP contribution is 2.20. The van der Waals surface area contributed by atoms with E-state index >= 15 is 0 Å². The molecule has 28 heavy (non-hydrogen) atoms. The van der Waals surface area contributed by atoms with Crippen LogP contribution >= 0.6 is 0 Å². The van der Waals surface area contributed by atoms with Crippen molar-refractivity contribution in [2.75, 3.05) is 13.1 Å². The fourth-order valence-electron chi connectivity index (χ4n) is 2.47. The van der Waals surface area contributed by atoms with Gasteiger partial charge in [0, 0.05) is 25.9 Å². The summed E-state index contributed by atoms with van der Waals surface area (Å²) >= 11 is 0. The number of sulfonamides is 2. The third-order valence-electron chi connectivity index (χ3n) is 3.94. The first kappa shape index (κ1) is 24.1. The van der Waals surface area contributed by atoms with Crippen molar-refractivity contribution in [3.05, 3.63) is 24.3 Å². The van der Waals surface area contributed by atoms with E-state index in [0.717, 1.165) is 0 Å². The first-order chi connectivity index (χ1) is 13.3. The normalized spacial score (nSPS) is 11.6. The van der Waals surface area contributed by atoms with Crippen LogP contribution in [0.5, 0.6) is 0 Å². The van der Waals surface area contributed by atoms with Gasteiger partial charge >= 0.3 is 0 Å². The minimum atomic E-state index is -3.98. The maximum atomic E-state index is 12.6. The highest BCUT2D eigenvalue weighted by atomic mass is 32.2. The summed E-state index contributed by atoms with van der Waals surface area (Å²) in [5, 5.41) is 17.0. The molecule has 1 aromatic rings. The average Bonchev–Trinajstić information content (AvgIpc) is 2.67. The van der Waals surface area contributed by atoms with Crippen LogP contribution in [0.25, 0.3) is 0 Å². The van der Waals surface area contributed by atoms with Crippen molar-refractivity contribution >= 4 is 20.0 Å². The van der Waals surface area contributed by atoms with E-state index in [-0.39, 0.29) is 22.9 Å². The Balaban J connectivity index is 2.74. The number of nitrogens with one attached hydrogen (secondary N) is 2. The summed E-state index contributed by atoms with van der Waals surface area (Å²) in [6.45, 7) is 0.350. The van der Waals surface area contributed by atoms with Crippen molar-refractivity contribution in [1.29, 1.82) is 10.5 Å². The molecule has 0 heterocycles. The molecule has 0 fully saturated rings. The van der Waals surface area contributed by atoms with Crippen LogP contribution in [0.3, 0.4) is 0 Å². The molecule has 8 nitrogen and oxygen atoms in total. The molecule has 0 aliphatic heterocycles. The molecule has 0 radical (unpaired) electrons. The predicted octanol–water partition coefficient (Wildman–Crippen LogP) is 2.41. The first-order valence-electron chi connectivity index (χ1n) is 9.17. The van der Waals surface area contributed by atoms with Gasteiger partial charge < -0.3 is 0 Å². The minimum Gasteiger partial charge on any atom is -0.211 e. The van der Waals surface area contributed by atoms with E-state index in [1.165, 1.54) is 24.3 Å². The third-order valence-corrected chi connectivity index (χ3v) is 7.11. The molecule has 0 bridgehead atoms. The minimum absolute atomic E-state index is 0.175. The van der Waals surface area contributed by atoms with E-state index in [4.69, 9.17) is 10.5 Å². The fraction of sp³-hybridized carbons (Fsp3) is 0.556. The van der Waals surface area contributed by atoms with E-state index in [0.29, 0.717) is 51.4 Å². The molecule has 0 aliphatic rings. The largest absolute Gasteiger partial charge is 0.241 e. The zero-order valence-corrected chi connectivity index (χ0v) is 17.4. The fourth-order valence-corrected chi connectivity index (χ4v) is 5.45. The van der Waals surface area contributed by atoms with Crippen molar-refractivity contribution in [2.24, 2.45) is 0 Å². The number of nitriles is 2. The van der Waals surface area contributed by atoms with Crippen molar-refractivity contribution < 1.29 is 16.8 Å². The van der Waals surface area contributed by atoms with E-state index < -0.39 is 20.0 Å². The number of hydrogen-bond acceptors (Lipinski definition) is 6. The molecule has 1 aromatic carbocycles. The van der Waals surface area contributed by atoms with Crippen LogP contribution in [-0.2, 0) is 20.0 Å². The highest BCUT2D eigenvalue weighted by molar-refractivity contribution is 7.92. The summed E-state index contributed by atoms with van der Waals surface area (Å²) in [4.78, 5) is -0.576. The monoisotopic (exact) mass is 426 g/mol. The summed E-state index contributed by atoms with van der Waals surface area (Å²) < 4.78 is 55.0. The number of rotatable bonds is 14. The van der Waals surface area contributed by atoms with Gasteiger partial charge in [-0.05, 0) is 37.8 Å². The molecule has 0 aromatic heterocycles. The van der Waals surface area contributed by atoms with Gasteiger partial charge in [0.1, 0.15) is 9.79 Å². The summed E-state index contributed by atoms with van der Waals surface area (Å²) in [6, 6.07) is 9.53. The van der Waals surface area contributed by atoms with Gasteiger partial charge in [-0.15, -0.1) is 0 Å². The first-order valence-corrected chi connectivity index (χ1v) is 12.1. The van der Waals surface area contributed by atoms with Gasteiger partial charge in [0.25, 0.3) is 0 Å². The van der Waals surface area contributed by atoms with Gasteiger partial charge in [-0.1, -0.05) is 25.0 Å². The Labute approximate surface area is 167 Å². The van der Waals surface area contributed by atoms with Crippen molar-refractivity contribution in [3.63, 3.8) is 0 Å². The molecule has 0 saturated heterocycles. The smallest absolute Gasteiger partial charge is 0.211 e. The Bertz CT molecular complexity index is 825. The van der Waals surface area contributed by atoms with Gasteiger partial charge in [0.05, 0.1) is 12.1 Å². The molecule has 2 N–H and O–H groups in total. The Kier molecular flexibility index (Phi) is 10.7. The number of nitrogens with zero attached hydrogens (tertiary/aromatic N) is 2. The molecule has 0 unspecified atom stereocenters. The van der Waals surface area contributed by atoms with Gasteiger partial charge in [-0.25, -0.2) is 26.3 Å². The zero-order chi connectivity index (χ0) is 20.9. The van der Waals surface area contributed by atoms with E-state index in [9.17, 15) is 16.8 Å². The lowest BCUT2D eigenvalue weighted by molar-refractivity contribution is 0.561.